The summed E-state index contributed by atoms with van der Waals surface area (Å²) in [6, 6.07) is 5.06. The molecule has 0 saturated heterocycles. The molecule has 1 aliphatic rings. The molecule has 102 valence electrons. The van der Waals surface area contributed by atoms with Gasteiger partial charge in [0.15, 0.2) is 0 Å². The molecule has 0 fully saturated rings. The molecule has 0 spiro atoms. The van der Waals surface area contributed by atoms with E-state index in [0.29, 0.717) is 18.8 Å². The van der Waals surface area contributed by atoms with Gasteiger partial charge in [-0.1, -0.05) is 0 Å². The number of sulfonamides is 1. The van der Waals surface area contributed by atoms with Crippen molar-refractivity contribution in [1.82, 2.24) is 4.31 Å². The van der Waals surface area contributed by atoms with Crippen LogP contribution < -0.4 is 5.73 Å². The second-order valence-corrected chi connectivity index (χ2v) is 7.25. The Balaban J connectivity index is 1.89. The van der Waals surface area contributed by atoms with Gasteiger partial charge in [-0.15, -0.1) is 11.3 Å². The van der Waals surface area contributed by atoms with Crippen LogP contribution in [0.5, 0.6) is 0 Å². The highest BCUT2D eigenvalue weighted by molar-refractivity contribution is 7.89. The number of nitrogens with zero attached hydrogens (tertiary/aromatic N) is 1. The van der Waals surface area contributed by atoms with Crippen molar-refractivity contribution in [1.29, 1.82) is 0 Å². The van der Waals surface area contributed by atoms with Crippen molar-refractivity contribution in [3.05, 3.63) is 39.8 Å². The van der Waals surface area contributed by atoms with Gasteiger partial charge in [0.05, 0.1) is 6.54 Å². The topological polar surface area (TPSA) is 76.5 Å². The molecular formula is C12H14N2O3S2. The van der Waals surface area contributed by atoms with Crippen LogP contribution in [-0.2, 0) is 29.5 Å². The summed E-state index contributed by atoms with van der Waals surface area (Å²) in [6.45, 7) is 1.11. The molecule has 0 radical (unpaired) electrons. The van der Waals surface area contributed by atoms with Crippen LogP contribution in [0, 0.1) is 0 Å². The van der Waals surface area contributed by atoms with Crippen molar-refractivity contribution in [2.45, 2.75) is 24.6 Å². The molecule has 3 rings (SSSR count). The zero-order valence-electron chi connectivity index (χ0n) is 10.2. The first kappa shape index (κ1) is 12.9. The number of rotatable bonds is 3. The van der Waals surface area contributed by atoms with Gasteiger partial charge < -0.3 is 10.2 Å². The van der Waals surface area contributed by atoms with Gasteiger partial charge in [-0.2, -0.15) is 4.31 Å². The zero-order chi connectivity index (χ0) is 13.5. The van der Waals surface area contributed by atoms with E-state index in [1.807, 2.05) is 11.4 Å². The minimum atomic E-state index is -3.56. The zero-order valence-corrected chi connectivity index (χ0v) is 11.8. The molecule has 2 N–H and O–H groups in total. The van der Waals surface area contributed by atoms with Crippen molar-refractivity contribution in [3.8, 4) is 0 Å². The number of thiophene rings is 1. The smallest absolute Gasteiger partial charge is 0.276 e. The Hall–Kier alpha value is -1.15. The maximum Gasteiger partial charge on any atom is 0.276 e. The third-order valence-electron chi connectivity index (χ3n) is 3.20. The minimum absolute atomic E-state index is 0.0216. The Morgan fingerprint density at radius 1 is 1.37 bits per heavy atom. The fourth-order valence-electron chi connectivity index (χ4n) is 2.16. The average Bonchev–Trinajstić information content (AvgIpc) is 3.06. The van der Waals surface area contributed by atoms with Crippen molar-refractivity contribution in [2.24, 2.45) is 5.73 Å². The summed E-state index contributed by atoms with van der Waals surface area (Å²) in [4.78, 5) is 1.27. The van der Waals surface area contributed by atoms with Crippen LogP contribution in [0.25, 0.3) is 0 Å². The van der Waals surface area contributed by atoms with E-state index in [2.05, 4.69) is 0 Å². The Morgan fingerprint density at radius 3 is 2.95 bits per heavy atom. The molecule has 0 bridgehead atoms. The van der Waals surface area contributed by atoms with Crippen LogP contribution in [-0.4, -0.2) is 19.3 Å². The molecule has 0 aromatic carbocycles. The fourth-order valence-corrected chi connectivity index (χ4v) is 4.40. The maximum absolute atomic E-state index is 12.4. The summed E-state index contributed by atoms with van der Waals surface area (Å²) in [6.07, 6.45) is 0.761. The van der Waals surface area contributed by atoms with Crippen LogP contribution in [0.15, 0.2) is 33.1 Å². The number of furan rings is 1. The van der Waals surface area contributed by atoms with Crippen molar-refractivity contribution in [2.75, 3.05) is 6.54 Å². The first-order valence-corrected chi connectivity index (χ1v) is 8.27. The fraction of sp³-hybridized carbons (Fsp3) is 0.333. The monoisotopic (exact) mass is 298 g/mol. The highest BCUT2D eigenvalue weighted by Crippen LogP contribution is 2.28. The first-order valence-electron chi connectivity index (χ1n) is 5.95. The molecule has 5 nitrogen and oxygen atoms in total. The predicted octanol–water partition coefficient (Wildman–Crippen LogP) is 1.55. The lowest BCUT2D eigenvalue weighted by Gasteiger charge is -2.25. The van der Waals surface area contributed by atoms with Gasteiger partial charge in [-0.3, -0.25) is 0 Å². The Bertz CT molecular complexity index is 687. The van der Waals surface area contributed by atoms with Crippen molar-refractivity contribution < 1.29 is 12.8 Å². The highest BCUT2D eigenvalue weighted by atomic mass is 32.2. The molecule has 2 aromatic rings. The van der Waals surface area contributed by atoms with Crippen molar-refractivity contribution in [3.63, 3.8) is 0 Å². The second kappa shape index (κ2) is 4.75. The van der Waals surface area contributed by atoms with Gasteiger partial charge in [0.2, 0.25) is 5.09 Å². The summed E-state index contributed by atoms with van der Waals surface area (Å²) in [5, 5.41) is 1.98. The normalized spacial score (nSPS) is 16.5. The van der Waals surface area contributed by atoms with Crippen LogP contribution >= 0.6 is 11.3 Å². The standard InChI is InChI=1S/C12H14N2O3S2/c13-7-10-1-2-12(17-10)19(15,16)14-5-3-11-9(8-14)4-6-18-11/h1-2,4,6H,3,5,7-8,13H2. The summed E-state index contributed by atoms with van der Waals surface area (Å²) in [5.41, 5.74) is 6.52. The summed E-state index contributed by atoms with van der Waals surface area (Å²) in [5.74, 6) is 0.479. The average molecular weight is 298 g/mol. The van der Waals surface area contributed by atoms with Gasteiger partial charge in [-0.25, -0.2) is 8.42 Å². The molecule has 0 atom stereocenters. The van der Waals surface area contributed by atoms with E-state index < -0.39 is 10.0 Å². The number of nitrogens with two attached hydrogens (primary N) is 1. The van der Waals surface area contributed by atoms with Crippen LogP contribution in [0.1, 0.15) is 16.2 Å². The van der Waals surface area contributed by atoms with E-state index in [1.54, 1.807) is 17.4 Å². The van der Waals surface area contributed by atoms with Crippen LogP contribution in [0.2, 0.25) is 0 Å². The maximum atomic E-state index is 12.4. The largest absolute Gasteiger partial charge is 0.447 e. The third-order valence-corrected chi connectivity index (χ3v) is 5.95. The third kappa shape index (κ3) is 2.23. The number of hydrogen-bond donors (Lipinski definition) is 1. The Labute approximate surface area is 115 Å². The van der Waals surface area contributed by atoms with E-state index in [0.717, 1.165) is 12.0 Å². The Morgan fingerprint density at radius 2 is 2.21 bits per heavy atom. The van der Waals surface area contributed by atoms with E-state index >= 15 is 0 Å². The van der Waals surface area contributed by atoms with Gasteiger partial charge in [-0.05, 0) is 35.6 Å². The lowest BCUT2D eigenvalue weighted by atomic mass is 10.1. The molecular weight excluding hydrogens is 284 g/mol. The molecule has 2 aromatic heterocycles. The van der Waals surface area contributed by atoms with Crippen molar-refractivity contribution >= 4 is 21.4 Å². The molecule has 1 aliphatic heterocycles. The summed E-state index contributed by atoms with van der Waals surface area (Å²) >= 11 is 1.68. The lowest BCUT2D eigenvalue weighted by Crippen LogP contribution is -2.35. The van der Waals surface area contributed by atoms with Crippen LogP contribution in [0.4, 0.5) is 0 Å². The molecule has 19 heavy (non-hydrogen) atoms. The molecule has 7 heteroatoms. The molecule has 0 saturated carbocycles. The van der Waals surface area contributed by atoms with E-state index in [9.17, 15) is 8.42 Å². The molecule has 0 unspecified atom stereocenters. The van der Waals surface area contributed by atoms with E-state index in [4.69, 9.17) is 10.2 Å². The van der Waals surface area contributed by atoms with E-state index in [-0.39, 0.29) is 11.6 Å². The minimum Gasteiger partial charge on any atom is -0.447 e. The molecule has 0 aliphatic carbocycles. The summed E-state index contributed by atoms with van der Waals surface area (Å²) in [7, 11) is -3.56. The summed E-state index contributed by atoms with van der Waals surface area (Å²) < 4.78 is 31.6. The van der Waals surface area contributed by atoms with Gasteiger partial charge in [0, 0.05) is 18.0 Å². The van der Waals surface area contributed by atoms with Gasteiger partial charge in [0.25, 0.3) is 10.0 Å². The number of fused-ring (bicyclic) bond motifs is 1. The second-order valence-electron chi connectivity index (χ2n) is 4.38. The Kier molecular flexibility index (Phi) is 3.22. The SMILES string of the molecule is NCc1ccc(S(=O)(=O)N2CCc3sccc3C2)o1. The van der Waals surface area contributed by atoms with Crippen LogP contribution in [0.3, 0.4) is 0 Å². The lowest BCUT2D eigenvalue weighted by molar-refractivity contribution is 0.357. The quantitative estimate of drug-likeness (QED) is 0.932. The van der Waals surface area contributed by atoms with E-state index in [1.165, 1.54) is 15.2 Å². The first-order chi connectivity index (χ1) is 9.11. The number of hydrogen-bond acceptors (Lipinski definition) is 5. The van der Waals surface area contributed by atoms with Gasteiger partial charge in [0.1, 0.15) is 5.76 Å². The molecule has 0 amide bonds. The predicted molar refractivity (Wildman–Crippen MR) is 72.2 cm³/mol. The highest BCUT2D eigenvalue weighted by Gasteiger charge is 2.31. The molecule has 3 heterocycles. The van der Waals surface area contributed by atoms with Gasteiger partial charge >= 0.3 is 0 Å².